The summed E-state index contributed by atoms with van der Waals surface area (Å²) < 4.78 is 0. The monoisotopic (exact) mass is 268 g/mol. The number of piperazine rings is 1. The molecule has 0 aromatic heterocycles. The zero-order valence-corrected chi connectivity index (χ0v) is 12.6. The minimum absolute atomic E-state index is 0.0931. The van der Waals surface area contributed by atoms with Gasteiger partial charge in [-0.1, -0.05) is 13.8 Å². The highest BCUT2D eigenvalue weighted by atomic mass is 16.4. The summed E-state index contributed by atoms with van der Waals surface area (Å²) in [6.45, 7) is 8.71. The van der Waals surface area contributed by atoms with Gasteiger partial charge in [-0.05, 0) is 38.1 Å². The highest BCUT2D eigenvalue weighted by Crippen LogP contribution is 2.42. The van der Waals surface area contributed by atoms with Crippen LogP contribution >= 0.6 is 0 Å². The molecule has 1 heterocycles. The number of hydrogen-bond acceptors (Lipinski definition) is 3. The van der Waals surface area contributed by atoms with Gasteiger partial charge in [0.1, 0.15) is 0 Å². The smallest absolute Gasteiger partial charge is 0.305 e. The van der Waals surface area contributed by atoms with E-state index in [4.69, 9.17) is 0 Å². The van der Waals surface area contributed by atoms with Gasteiger partial charge >= 0.3 is 5.97 Å². The molecule has 2 atom stereocenters. The summed E-state index contributed by atoms with van der Waals surface area (Å²) in [7, 11) is 2.15. The summed E-state index contributed by atoms with van der Waals surface area (Å²) in [5.74, 6) is 0.644. The van der Waals surface area contributed by atoms with Crippen LogP contribution in [0.4, 0.5) is 0 Å². The van der Waals surface area contributed by atoms with Gasteiger partial charge in [0.15, 0.2) is 0 Å². The van der Waals surface area contributed by atoms with Crippen LogP contribution in [0.1, 0.15) is 39.5 Å². The lowest BCUT2D eigenvalue weighted by Gasteiger charge is -2.51. The number of carboxylic acid groups (broad SMARTS) is 1. The molecule has 1 aliphatic carbocycles. The molecule has 4 heteroatoms. The topological polar surface area (TPSA) is 43.8 Å². The van der Waals surface area contributed by atoms with Crippen molar-refractivity contribution >= 4 is 5.97 Å². The van der Waals surface area contributed by atoms with E-state index >= 15 is 0 Å². The largest absolute Gasteiger partial charge is 0.481 e. The van der Waals surface area contributed by atoms with E-state index in [0.717, 1.165) is 39.0 Å². The number of nitrogens with zero attached hydrogens (tertiary/aromatic N) is 2. The Morgan fingerprint density at radius 1 is 1.16 bits per heavy atom. The molecule has 0 radical (unpaired) electrons. The third kappa shape index (κ3) is 3.48. The van der Waals surface area contributed by atoms with E-state index in [0.29, 0.717) is 18.3 Å². The van der Waals surface area contributed by atoms with Gasteiger partial charge in [0.25, 0.3) is 0 Å². The maximum atomic E-state index is 11.4. The molecule has 2 rings (SSSR count). The molecular weight excluding hydrogens is 240 g/mol. The van der Waals surface area contributed by atoms with Crippen LogP contribution < -0.4 is 0 Å². The SMILES string of the molecule is CC1CC(C)CC(CC(=O)O)(N2CCN(C)CC2)C1. The molecule has 0 aromatic rings. The van der Waals surface area contributed by atoms with Crippen LogP contribution in [0.3, 0.4) is 0 Å². The summed E-state index contributed by atoms with van der Waals surface area (Å²) in [5.41, 5.74) is -0.0931. The molecule has 1 N–H and O–H groups in total. The molecule has 1 saturated heterocycles. The molecule has 0 bridgehead atoms. The minimum Gasteiger partial charge on any atom is -0.481 e. The molecule has 19 heavy (non-hydrogen) atoms. The molecule has 2 fully saturated rings. The Balaban J connectivity index is 2.16. The maximum absolute atomic E-state index is 11.4. The predicted octanol–water partition coefficient (Wildman–Crippen LogP) is 1.90. The molecule has 0 spiro atoms. The molecule has 0 amide bonds. The Labute approximate surface area is 116 Å². The zero-order valence-electron chi connectivity index (χ0n) is 12.6. The van der Waals surface area contributed by atoms with Crippen LogP contribution in [0.2, 0.25) is 0 Å². The predicted molar refractivity (Wildman–Crippen MR) is 76.2 cm³/mol. The van der Waals surface area contributed by atoms with E-state index in [1.54, 1.807) is 0 Å². The van der Waals surface area contributed by atoms with Crippen LogP contribution in [0, 0.1) is 11.8 Å². The molecular formula is C15H28N2O2. The van der Waals surface area contributed by atoms with Gasteiger partial charge in [-0.2, -0.15) is 0 Å². The average molecular weight is 268 g/mol. The first-order valence-corrected chi connectivity index (χ1v) is 7.57. The van der Waals surface area contributed by atoms with Crippen LogP contribution in [0.25, 0.3) is 0 Å². The third-order valence-corrected chi connectivity index (χ3v) is 4.92. The van der Waals surface area contributed by atoms with Crippen molar-refractivity contribution in [1.29, 1.82) is 0 Å². The van der Waals surface area contributed by atoms with Crippen molar-refractivity contribution in [2.45, 2.75) is 45.1 Å². The first-order chi connectivity index (χ1) is 8.91. The van der Waals surface area contributed by atoms with Crippen molar-refractivity contribution in [3.8, 4) is 0 Å². The molecule has 2 aliphatic rings. The van der Waals surface area contributed by atoms with Gasteiger partial charge in [0.2, 0.25) is 0 Å². The molecule has 110 valence electrons. The number of carbonyl (C=O) groups is 1. The van der Waals surface area contributed by atoms with Crippen LogP contribution in [-0.4, -0.2) is 59.6 Å². The number of hydrogen-bond donors (Lipinski definition) is 1. The Morgan fingerprint density at radius 3 is 2.16 bits per heavy atom. The summed E-state index contributed by atoms with van der Waals surface area (Å²) in [6, 6.07) is 0. The lowest BCUT2D eigenvalue weighted by Crippen LogP contribution is -2.59. The normalized spacial score (nSPS) is 38.3. The fourth-order valence-corrected chi connectivity index (χ4v) is 4.31. The van der Waals surface area contributed by atoms with Crippen molar-refractivity contribution < 1.29 is 9.90 Å². The van der Waals surface area contributed by atoms with Crippen molar-refractivity contribution in [1.82, 2.24) is 9.80 Å². The number of likely N-dealkylation sites (N-methyl/N-ethyl adjacent to an activating group) is 1. The summed E-state index contributed by atoms with van der Waals surface area (Å²) >= 11 is 0. The molecule has 4 nitrogen and oxygen atoms in total. The second-order valence-electron chi connectivity index (χ2n) is 6.94. The lowest BCUT2D eigenvalue weighted by atomic mass is 9.69. The Bertz CT molecular complexity index is 314. The van der Waals surface area contributed by atoms with Gasteiger partial charge in [-0.15, -0.1) is 0 Å². The number of carboxylic acids is 1. The fraction of sp³-hybridized carbons (Fsp3) is 0.933. The maximum Gasteiger partial charge on any atom is 0.305 e. The van der Waals surface area contributed by atoms with Crippen LogP contribution in [-0.2, 0) is 4.79 Å². The Kier molecular flexibility index (Phi) is 4.51. The van der Waals surface area contributed by atoms with Gasteiger partial charge in [-0.3, -0.25) is 9.69 Å². The van der Waals surface area contributed by atoms with Gasteiger partial charge in [0.05, 0.1) is 6.42 Å². The zero-order chi connectivity index (χ0) is 14.0. The van der Waals surface area contributed by atoms with E-state index in [-0.39, 0.29) is 5.54 Å². The average Bonchev–Trinajstić information content (AvgIpc) is 2.26. The van der Waals surface area contributed by atoms with Crippen molar-refractivity contribution in [3.63, 3.8) is 0 Å². The van der Waals surface area contributed by atoms with Crippen molar-refractivity contribution in [2.75, 3.05) is 33.2 Å². The van der Waals surface area contributed by atoms with E-state index in [1.807, 2.05) is 0 Å². The quantitative estimate of drug-likeness (QED) is 0.849. The highest BCUT2D eigenvalue weighted by Gasteiger charge is 2.44. The summed E-state index contributed by atoms with van der Waals surface area (Å²) in [4.78, 5) is 16.2. The summed E-state index contributed by atoms with van der Waals surface area (Å²) in [6.07, 6.45) is 3.65. The lowest BCUT2D eigenvalue weighted by molar-refractivity contribution is -0.143. The van der Waals surface area contributed by atoms with Crippen LogP contribution in [0.15, 0.2) is 0 Å². The number of rotatable bonds is 3. The van der Waals surface area contributed by atoms with E-state index in [9.17, 15) is 9.90 Å². The van der Waals surface area contributed by atoms with E-state index in [1.165, 1.54) is 6.42 Å². The summed E-state index contributed by atoms with van der Waals surface area (Å²) in [5, 5.41) is 9.35. The van der Waals surface area contributed by atoms with Gasteiger partial charge in [-0.25, -0.2) is 0 Å². The van der Waals surface area contributed by atoms with Crippen molar-refractivity contribution in [2.24, 2.45) is 11.8 Å². The molecule has 1 aliphatic heterocycles. The third-order valence-electron chi connectivity index (χ3n) is 4.92. The highest BCUT2D eigenvalue weighted by molar-refractivity contribution is 5.68. The molecule has 1 saturated carbocycles. The van der Waals surface area contributed by atoms with Gasteiger partial charge in [0, 0.05) is 31.7 Å². The Morgan fingerprint density at radius 2 is 1.68 bits per heavy atom. The Hall–Kier alpha value is -0.610. The first kappa shape index (κ1) is 14.8. The minimum atomic E-state index is -0.639. The van der Waals surface area contributed by atoms with E-state index < -0.39 is 5.97 Å². The second-order valence-corrected chi connectivity index (χ2v) is 6.94. The van der Waals surface area contributed by atoms with Crippen LogP contribution in [0.5, 0.6) is 0 Å². The first-order valence-electron chi connectivity index (χ1n) is 7.57. The standard InChI is InChI=1S/C15H28N2O2/c1-12-8-13(2)10-15(9-12,11-14(18)19)17-6-4-16(3)5-7-17/h12-13H,4-11H2,1-3H3,(H,18,19). The fourth-order valence-electron chi connectivity index (χ4n) is 4.31. The van der Waals surface area contributed by atoms with Crippen molar-refractivity contribution in [3.05, 3.63) is 0 Å². The molecule has 2 unspecified atom stereocenters. The van der Waals surface area contributed by atoms with Gasteiger partial charge < -0.3 is 10.0 Å². The molecule has 0 aromatic carbocycles. The number of aliphatic carboxylic acids is 1. The van der Waals surface area contributed by atoms with E-state index in [2.05, 4.69) is 30.7 Å². The second kappa shape index (κ2) is 5.80.